The van der Waals surface area contributed by atoms with Gasteiger partial charge in [-0.3, -0.25) is 9.78 Å². The zero-order chi connectivity index (χ0) is 26.8. The number of benzene rings is 2. The van der Waals surface area contributed by atoms with E-state index < -0.39 is 0 Å². The molecule has 0 saturated carbocycles. The molecule has 0 unspecified atom stereocenters. The fourth-order valence-electron chi connectivity index (χ4n) is 5.23. The Hall–Kier alpha value is -4.04. The number of aryl methyl sites for hydroxylation is 2. The number of halogens is 1. The third-order valence-corrected chi connectivity index (χ3v) is 7.40. The number of aromatic nitrogens is 2. The van der Waals surface area contributed by atoms with Gasteiger partial charge < -0.3 is 20.1 Å². The molecule has 8 heteroatoms. The van der Waals surface area contributed by atoms with Crippen LogP contribution in [0.25, 0.3) is 5.69 Å². The molecule has 0 radical (unpaired) electrons. The molecule has 6 nitrogen and oxygen atoms in total. The highest BCUT2D eigenvalue weighted by Gasteiger charge is 2.41. The number of carbonyl (C=O) groups excluding carboxylic acids is 1. The third-order valence-electron chi connectivity index (χ3n) is 7.05. The lowest BCUT2D eigenvalue weighted by Gasteiger charge is -2.28. The van der Waals surface area contributed by atoms with Gasteiger partial charge in [-0.25, -0.2) is 4.39 Å². The Balaban J connectivity index is 1.48. The van der Waals surface area contributed by atoms with Crippen molar-refractivity contribution >= 4 is 28.9 Å². The summed E-state index contributed by atoms with van der Waals surface area (Å²) in [6, 6.07) is 21.9. The minimum Gasteiger partial charge on any atom is -0.352 e. The minimum atomic E-state index is -0.284. The lowest BCUT2D eigenvalue weighted by Crippen LogP contribution is -2.33. The Labute approximate surface area is 227 Å². The molecule has 5 rings (SSSR count). The second-order valence-electron chi connectivity index (χ2n) is 9.57. The average Bonchev–Trinajstić information content (AvgIpc) is 3.39. The van der Waals surface area contributed by atoms with Gasteiger partial charge in [0.1, 0.15) is 5.82 Å². The van der Waals surface area contributed by atoms with E-state index in [1.165, 1.54) is 12.1 Å². The van der Waals surface area contributed by atoms with E-state index in [0.29, 0.717) is 11.7 Å². The van der Waals surface area contributed by atoms with Gasteiger partial charge in [-0.15, -0.1) is 0 Å². The quantitative estimate of drug-likeness (QED) is 0.292. The molecular formula is C30H30FN5OS. The van der Waals surface area contributed by atoms with E-state index in [1.54, 1.807) is 12.3 Å². The molecular weight excluding hydrogens is 497 g/mol. The summed E-state index contributed by atoms with van der Waals surface area (Å²) in [5.74, 6) is -0.361. The minimum absolute atomic E-state index is 0.0765. The summed E-state index contributed by atoms with van der Waals surface area (Å²) in [5.41, 5.74) is 6.46. The smallest absolute Gasteiger partial charge is 0.226 e. The highest BCUT2D eigenvalue weighted by atomic mass is 32.1. The first-order valence-electron chi connectivity index (χ1n) is 12.6. The van der Waals surface area contributed by atoms with Crippen LogP contribution in [-0.2, 0) is 4.79 Å². The highest BCUT2D eigenvalue weighted by Crippen LogP contribution is 2.41. The topological polar surface area (TPSA) is 62.2 Å². The fourth-order valence-corrected chi connectivity index (χ4v) is 5.56. The molecule has 0 spiro atoms. The highest BCUT2D eigenvalue weighted by molar-refractivity contribution is 7.80. The maximum atomic E-state index is 14.1. The van der Waals surface area contributed by atoms with Crippen LogP contribution >= 0.6 is 12.2 Å². The van der Waals surface area contributed by atoms with Crippen molar-refractivity contribution in [3.05, 3.63) is 113 Å². The number of para-hydroxylation sites is 1. The normalized spacial score (nSPS) is 16.9. The first-order valence-corrected chi connectivity index (χ1v) is 13.0. The molecule has 4 aromatic rings. The molecule has 38 heavy (non-hydrogen) atoms. The van der Waals surface area contributed by atoms with Crippen LogP contribution in [0.3, 0.4) is 0 Å². The van der Waals surface area contributed by atoms with Crippen LogP contribution in [0.4, 0.5) is 10.1 Å². The van der Waals surface area contributed by atoms with Crippen LogP contribution in [-0.4, -0.2) is 32.0 Å². The molecule has 2 atom stereocenters. The van der Waals surface area contributed by atoms with E-state index in [4.69, 9.17) is 12.2 Å². The Morgan fingerprint density at radius 1 is 1.05 bits per heavy atom. The second-order valence-corrected chi connectivity index (χ2v) is 9.96. The number of pyridine rings is 1. The summed E-state index contributed by atoms with van der Waals surface area (Å²) < 4.78 is 16.1. The van der Waals surface area contributed by atoms with Crippen LogP contribution in [0.15, 0.2) is 79.0 Å². The number of nitrogens with zero attached hydrogens (tertiary/aromatic N) is 3. The maximum Gasteiger partial charge on any atom is 0.226 e. The van der Waals surface area contributed by atoms with Crippen molar-refractivity contribution in [3.63, 3.8) is 0 Å². The van der Waals surface area contributed by atoms with Crippen molar-refractivity contribution in [3.8, 4) is 5.69 Å². The Bertz CT molecular complexity index is 1490. The van der Waals surface area contributed by atoms with Gasteiger partial charge in [0.05, 0.1) is 17.8 Å². The first-order chi connectivity index (χ1) is 18.3. The lowest BCUT2D eigenvalue weighted by atomic mass is 9.96. The fraction of sp³-hybridized carbons (Fsp3) is 0.233. The van der Waals surface area contributed by atoms with Gasteiger partial charge in [0.2, 0.25) is 5.91 Å². The summed E-state index contributed by atoms with van der Waals surface area (Å²) in [6.07, 6.45) is 2.04. The van der Waals surface area contributed by atoms with E-state index >= 15 is 0 Å². The number of carbonyl (C=O) groups is 1. The van der Waals surface area contributed by atoms with Crippen LogP contribution in [0.2, 0.25) is 0 Å². The molecule has 2 aromatic heterocycles. The summed E-state index contributed by atoms with van der Waals surface area (Å²) >= 11 is 5.79. The maximum absolute atomic E-state index is 14.1. The molecule has 0 bridgehead atoms. The van der Waals surface area contributed by atoms with Crippen molar-refractivity contribution in [1.82, 2.24) is 19.8 Å². The van der Waals surface area contributed by atoms with Gasteiger partial charge in [-0.2, -0.15) is 0 Å². The van der Waals surface area contributed by atoms with Crippen LogP contribution < -0.4 is 10.6 Å². The molecule has 1 fully saturated rings. The molecule has 3 heterocycles. The monoisotopic (exact) mass is 527 g/mol. The number of thiocarbonyl (C=S) groups is 1. The average molecular weight is 528 g/mol. The molecule has 2 N–H and O–H groups in total. The molecule has 1 aliphatic heterocycles. The van der Waals surface area contributed by atoms with E-state index in [9.17, 15) is 9.18 Å². The zero-order valence-corrected chi connectivity index (χ0v) is 22.4. The Morgan fingerprint density at radius 3 is 2.58 bits per heavy atom. The van der Waals surface area contributed by atoms with Gasteiger partial charge in [0.15, 0.2) is 5.11 Å². The van der Waals surface area contributed by atoms with Gasteiger partial charge >= 0.3 is 0 Å². The first kappa shape index (κ1) is 25.6. The van der Waals surface area contributed by atoms with Gasteiger partial charge in [-0.05, 0) is 86.6 Å². The number of rotatable bonds is 7. The number of hydrogen-bond donors (Lipinski definition) is 2. The standard InChI is InChI=1S/C30H30FN5OS/c1-19-9-4-5-12-25(19)33-27(37)14-16-35-29(28(34-30(35)38)26-13-6-7-15-32-26)24-17-20(2)36(21(24)3)23-11-8-10-22(31)18-23/h4-13,15,17-18,28-29H,14,16H2,1-3H3,(H,33,37)(H,34,38)/t28-,29-/m1/s1. The summed E-state index contributed by atoms with van der Waals surface area (Å²) in [5, 5.41) is 7.04. The Kier molecular flexibility index (Phi) is 7.24. The second kappa shape index (κ2) is 10.8. The zero-order valence-electron chi connectivity index (χ0n) is 21.6. The molecule has 2 aromatic carbocycles. The predicted octanol–water partition coefficient (Wildman–Crippen LogP) is 5.94. The van der Waals surface area contributed by atoms with Gasteiger partial charge in [-0.1, -0.05) is 30.3 Å². The van der Waals surface area contributed by atoms with Crippen LogP contribution in [0, 0.1) is 26.6 Å². The lowest BCUT2D eigenvalue weighted by molar-refractivity contribution is -0.116. The summed E-state index contributed by atoms with van der Waals surface area (Å²) in [7, 11) is 0. The molecule has 1 aliphatic rings. The van der Waals surface area contributed by atoms with E-state index in [1.807, 2.05) is 69.3 Å². The van der Waals surface area contributed by atoms with Crippen molar-refractivity contribution in [2.75, 3.05) is 11.9 Å². The number of amides is 1. The van der Waals surface area contributed by atoms with Gasteiger partial charge in [0.25, 0.3) is 0 Å². The summed E-state index contributed by atoms with van der Waals surface area (Å²) in [6.45, 7) is 6.45. The summed E-state index contributed by atoms with van der Waals surface area (Å²) in [4.78, 5) is 19.6. The number of nitrogens with one attached hydrogen (secondary N) is 2. The van der Waals surface area contributed by atoms with Crippen molar-refractivity contribution in [1.29, 1.82) is 0 Å². The predicted molar refractivity (Wildman–Crippen MR) is 152 cm³/mol. The largest absolute Gasteiger partial charge is 0.352 e. The molecule has 194 valence electrons. The number of anilines is 1. The molecule has 1 amide bonds. The number of hydrogen-bond acceptors (Lipinski definition) is 3. The van der Waals surface area contributed by atoms with Crippen LogP contribution in [0.5, 0.6) is 0 Å². The Morgan fingerprint density at radius 2 is 1.84 bits per heavy atom. The molecule has 1 saturated heterocycles. The SMILES string of the molecule is Cc1ccccc1NC(=O)CCN1C(=S)N[C@H](c2ccccn2)[C@H]1c1cc(C)n(-c2cccc(F)c2)c1C. The molecule has 0 aliphatic carbocycles. The third kappa shape index (κ3) is 5.04. The van der Waals surface area contributed by atoms with E-state index in [0.717, 1.165) is 39.6 Å². The van der Waals surface area contributed by atoms with Crippen molar-refractivity contribution in [2.24, 2.45) is 0 Å². The van der Waals surface area contributed by atoms with Crippen molar-refractivity contribution in [2.45, 2.75) is 39.3 Å². The van der Waals surface area contributed by atoms with E-state index in [-0.39, 0.29) is 30.2 Å². The van der Waals surface area contributed by atoms with Crippen LogP contribution in [0.1, 0.15) is 46.7 Å². The van der Waals surface area contributed by atoms with Gasteiger partial charge in [0, 0.05) is 41.9 Å². The van der Waals surface area contributed by atoms with E-state index in [2.05, 4.69) is 31.2 Å². The van der Waals surface area contributed by atoms with Crippen molar-refractivity contribution < 1.29 is 9.18 Å².